The van der Waals surface area contributed by atoms with Crippen LogP contribution in [0.1, 0.15) is 44.0 Å². The van der Waals surface area contributed by atoms with E-state index in [2.05, 4.69) is 21.2 Å². The van der Waals surface area contributed by atoms with Crippen LogP contribution < -0.4 is 10.1 Å². The standard InChI is InChI=1S/C19H25BrN2O5/c1-4-12(3)27-17(23)11-15-18(24)21-8-9-22(15)19(25)13-6-7-16(26-5-2)14(20)10-13/h6-7,10,12,15H,4-5,8-9,11H2,1-3H3,(H,21,24). The highest BCUT2D eigenvalue weighted by Crippen LogP contribution is 2.27. The maximum absolute atomic E-state index is 13.0. The van der Waals surface area contributed by atoms with Gasteiger partial charge in [0.2, 0.25) is 5.91 Å². The van der Waals surface area contributed by atoms with Crippen molar-refractivity contribution in [3.05, 3.63) is 28.2 Å². The number of ether oxygens (including phenoxy) is 2. The number of rotatable bonds is 7. The first-order chi connectivity index (χ1) is 12.9. The topological polar surface area (TPSA) is 84.9 Å². The molecule has 1 aromatic rings. The minimum Gasteiger partial charge on any atom is -0.493 e. The highest BCUT2D eigenvalue weighted by Gasteiger charge is 2.36. The van der Waals surface area contributed by atoms with Gasteiger partial charge in [-0.15, -0.1) is 0 Å². The number of hydrogen-bond donors (Lipinski definition) is 1. The Balaban J connectivity index is 2.17. The van der Waals surface area contributed by atoms with Gasteiger partial charge in [0.05, 0.1) is 23.6 Å². The second kappa shape index (κ2) is 9.73. The number of nitrogens with one attached hydrogen (secondary N) is 1. The number of esters is 1. The highest BCUT2D eigenvalue weighted by atomic mass is 79.9. The van der Waals surface area contributed by atoms with E-state index >= 15 is 0 Å². The van der Waals surface area contributed by atoms with Crippen molar-refractivity contribution in [3.8, 4) is 5.75 Å². The van der Waals surface area contributed by atoms with E-state index in [0.29, 0.717) is 41.9 Å². The largest absolute Gasteiger partial charge is 0.493 e. The van der Waals surface area contributed by atoms with Crippen molar-refractivity contribution in [1.82, 2.24) is 10.2 Å². The zero-order valence-electron chi connectivity index (χ0n) is 15.8. The number of amides is 2. The van der Waals surface area contributed by atoms with Gasteiger partial charge in [-0.1, -0.05) is 6.92 Å². The average Bonchev–Trinajstić information content (AvgIpc) is 2.64. The quantitative estimate of drug-likeness (QED) is 0.658. The second-order valence-corrected chi connectivity index (χ2v) is 7.15. The Bertz CT molecular complexity index is 709. The van der Waals surface area contributed by atoms with Gasteiger partial charge in [-0.05, 0) is 54.4 Å². The van der Waals surface area contributed by atoms with Gasteiger partial charge in [-0.2, -0.15) is 0 Å². The Morgan fingerprint density at radius 2 is 2.11 bits per heavy atom. The lowest BCUT2D eigenvalue weighted by molar-refractivity contribution is -0.151. The SMILES string of the molecule is CCOc1ccc(C(=O)N2CCNC(=O)C2CC(=O)OC(C)CC)cc1Br. The van der Waals surface area contributed by atoms with Gasteiger partial charge in [0.15, 0.2) is 0 Å². The monoisotopic (exact) mass is 440 g/mol. The Kier molecular flexibility index (Phi) is 7.65. The molecule has 1 heterocycles. The maximum atomic E-state index is 13.0. The van der Waals surface area contributed by atoms with Crippen LogP contribution in [0, 0.1) is 0 Å². The lowest BCUT2D eigenvalue weighted by atomic mass is 10.1. The van der Waals surface area contributed by atoms with Crippen LogP contribution in [0.5, 0.6) is 5.75 Å². The lowest BCUT2D eigenvalue weighted by Crippen LogP contribution is -2.57. The van der Waals surface area contributed by atoms with Crippen molar-refractivity contribution >= 4 is 33.7 Å². The Morgan fingerprint density at radius 3 is 2.74 bits per heavy atom. The molecule has 1 fully saturated rings. The van der Waals surface area contributed by atoms with Crippen LogP contribution in [0.3, 0.4) is 0 Å². The Hall–Kier alpha value is -2.09. The molecule has 27 heavy (non-hydrogen) atoms. The predicted octanol–water partition coefficient (Wildman–Crippen LogP) is 2.52. The van der Waals surface area contributed by atoms with Crippen LogP contribution in [0.4, 0.5) is 0 Å². The summed E-state index contributed by atoms with van der Waals surface area (Å²) in [5.74, 6) is -0.508. The minimum atomic E-state index is -0.881. The molecule has 7 nitrogen and oxygen atoms in total. The molecule has 0 radical (unpaired) electrons. The maximum Gasteiger partial charge on any atom is 0.308 e. The molecular formula is C19H25BrN2O5. The summed E-state index contributed by atoms with van der Waals surface area (Å²) in [4.78, 5) is 38.8. The number of nitrogens with zero attached hydrogens (tertiary/aromatic N) is 1. The van der Waals surface area contributed by atoms with Crippen molar-refractivity contribution in [3.63, 3.8) is 0 Å². The van der Waals surface area contributed by atoms with Crippen molar-refractivity contribution in [2.45, 2.75) is 45.8 Å². The molecule has 1 aliphatic rings. The third-order valence-electron chi connectivity index (χ3n) is 4.34. The van der Waals surface area contributed by atoms with Crippen LogP contribution in [0.15, 0.2) is 22.7 Å². The molecule has 0 bridgehead atoms. The van der Waals surface area contributed by atoms with Crippen LogP contribution in [0.25, 0.3) is 0 Å². The molecule has 2 rings (SSSR count). The minimum absolute atomic E-state index is 0.167. The Morgan fingerprint density at radius 1 is 1.37 bits per heavy atom. The van der Waals surface area contributed by atoms with E-state index in [-0.39, 0.29) is 24.3 Å². The lowest BCUT2D eigenvalue weighted by Gasteiger charge is -2.34. The molecule has 1 N–H and O–H groups in total. The van der Waals surface area contributed by atoms with Crippen LogP contribution in [0.2, 0.25) is 0 Å². The number of benzene rings is 1. The molecule has 1 aromatic carbocycles. The van der Waals surface area contributed by atoms with Crippen molar-refractivity contribution in [2.24, 2.45) is 0 Å². The molecule has 2 amide bonds. The summed E-state index contributed by atoms with van der Waals surface area (Å²) < 4.78 is 11.4. The van der Waals surface area contributed by atoms with Gasteiger partial charge < -0.3 is 19.7 Å². The molecule has 1 saturated heterocycles. The molecular weight excluding hydrogens is 416 g/mol. The van der Waals surface area contributed by atoms with E-state index in [1.165, 1.54) is 4.90 Å². The molecule has 0 saturated carbocycles. The van der Waals surface area contributed by atoms with Crippen LogP contribution in [-0.4, -0.2) is 54.5 Å². The summed E-state index contributed by atoms with van der Waals surface area (Å²) in [5, 5.41) is 2.71. The average molecular weight is 441 g/mol. The number of carbonyl (C=O) groups is 3. The van der Waals surface area contributed by atoms with E-state index < -0.39 is 12.0 Å². The van der Waals surface area contributed by atoms with Crippen molar-refractivity contribution in [2.75, 3.05) is 19.7 Å². The molecule has 8 heteroatoms. The fourth-order valence-corrected chi connectivity index (χ4v) is 3.24. The van der Waals surface area contributed by atoms with Crippen molar-refractivity contribution in [1.29, 1.82) is 0 Å². The first kappa shape index (κ1) is 21.2. The number of hydrogen-bond acceptors (Lipinski definition) is 5. The van der Waals surface area contributed by atoms with E-state index in [0.717, 1.165) is 0 Å². The molecule has 2 unspecified atom stereocenters. The highest BCUT2D eigenvalue weighted by molar-refractivity contribution is 9.10. The normalized spacial score (nSPS) is 17.9. The molecule has 2 atom stereocenters. The predicted molar refractivity (Wildman–Crippen MR) is 104 cm³/mol. The molecule has 0 spiro atoms. The van der Waals surface area contributed by atoms with Gasteiger partial charge in [0, 0.05) is 18.7 Å². The second-order valence-electron chi connectivity index (χ2n) is 6.30. The number of halogens is 1. The van der Waals surface area contributed by atoms with Gasteiger partial charge in [-0.3, -0.25) is 14.4 Å². The summed E-state index contributed by atoms with van der Waals surface area (Å²) in [6.45, 7) is 6.76. The third-order valence-corrected chi connectivity index (χ3v) is 4.96. The summed E-state index contributed by atoms with van der Waals surface area (Å²) in [5.41, 5.74) is 0.417. The summed E-state index contributed by atoms with van der Waals surface area (Å²) in [7, 11) is 0. The first-order valence-corrected chi connectivity index (χ1v) is 9.87. The Labute approximate surface area is 167 Å². The third kappa shape index (κ3) is 5.45. The zero-order chi connectivity index (χ0) is 20.0. The van der Waals surface area contributed by atoms with Gasteiger partial charge in [0.25, 0.3) is 5.91 Å². The smallest absolute Gasteiger partial charge is 0.308 e. The van der Waals surface area contributed by atoms with Crippen molar-refractivity contribution < 1.29 is 23.9 Å². The molecule has 0 aromatic heterocycles. The van der Waals surface area contributed by atoms with E-state index in [9.17, 15) is 14.4 Å². The van der Waals surface area contributed by atoms with Gasteiger partial charge >= 0.3 is 5.97 Å². The summed E-state index contributed by atoms with van der Waals surface area (Å²) in [6.07, 6.45) is 0.293. The number of piperazine rings is 1. The molecule has 148 valence electrons. The summed E-state index contributed by atoms with van der Waals surface area (Å²) in [6, 6.07) is 4.14. The fraction of sp³-hybridized carbons (Fsp3) is 0.526. The van der Waals surface area contributed by atoms with E-state index in [1.807, 2.05) is 13.8 Å². The zero-order valence-corrected chi connectivity index (χ0v) is 17.4. The van der Waals surface area contributed by atoms with Crippen LogP contribution >= 0.6 is 15.9 Å². The summed E-state index contributed by atoms with van der Waals surface area (Å²) >= 11 is 3.39. The molecule has 1 aliphatic heterocycles. The first-order valence-electron chi connectivity index (χ1n) is 9.07. The van der Waals surface area contributed by atoms with Crippen LogP contribution in [-0.2, 0) is 14.3 Å². The molecule has 0 aliphatic carbocycles. The fourth-order valence-electron chi connectivity index (χ4n) is 2.75. The van der Waals surface area contributed by atoms with Gasteiger partial charge in [0.1, 0.15) is 11.8 Å². The van der Waals surface area contributed by atoms with E-state index in [4.69, 9.17) is 9.47 Å². The van der Waals surface area contributed by atoms with E-state index in [1.54, 1.807) is 25.1 Å². The number of carbonyl (C=O) groups excluding carboxylic acids is 3. The van der Waals surface area contributed by atoms with Gasteiger partial charge in [-0.25, -0.2) is 0 Å².